The van der Waals surface area contributed by atoms with Crippen molar-refractivity contribution in [3.05, 3.63) is 23.5 Å². The van der Waals surface area contributed by atoms with Gasteiger partial charge in [-0.2, -0.15) is 0 Å². The number of nitrogen functional groups attached to an aromatic ring is 1. The average molecular weight is 194 g/mol. The summed E-state index contributed by atoms with van der Waals surface area (Å²) in [6.07, 6.45) is 0.180. The van der Waals surface area contributed by atoms with Crippen molar-refractivity contribution in [1.82, 2.24) is 4.98 Å². The van der Waals surface area contributed by atoms with Crippen molar-refractivity contribution in [1.29, 1.82) is 0 Å². The molecule has 0 aromatic carbocycles. The zero-order chi connectivity index (χ0) is 10.6. The van der Waals surface area contributed by atoms with Gasteiger partial charge >= 0.3 is 5.97 Å². The maximum atomic E-state index is 11.1. The van der Waals surface area contributed by atoms with Gasteiger partial charge in [-0.05, 0) is 26.0 Å². The lowest BCUT2D eigenvalue weighted by Gasteiger charge is -2.03. The molecule has 0 atom stereocenters. The quantitative estimate of drug-likeness (QED) is 0.731. The fourth-order valence-electron chi connectivity index (χ4n) is 1.22. The number of hydrogen-bond acceptors (Lipinski definition) is 4. The number of rotatable bonds is 3. The Morgan fingerprint density at radius 2 is 2.29 bits per heavy atom. The first-order chi connectivity index (χ1) is 6.61. The van der Waals surface area contributed by atoms with Gasteiger partial charge in [-0.15, -0.1) is 0 Å². The molecule has 1 rings (SSSR count). The Hall–Kier alpha value is -1.58. The number of hydrogen-bond donors (Lipinski definition) is 1. The Kier molecular flexibility index (Phi) is 3.45. The van der Waals surface area contributed by atoms with Crippen LogP contribution in [0.4, 0.5) is 5.69 Å². The van der Waals surface area contributed by atoms with Gasteiger partial charge in [-0.1, -0.05) is 0 Å². The molecule has 1 heterocycles. The highest BCUT2D eigenvalue weighted by atomic mass is 16.5. The zero-order valence-corrected chi connectivity index (χ0v) is 8.41. The highest BCUT2D eigenvalue weighted by Gasteiger charge is 2.05. The number of aromatic nitrogens is 1. The van der Waals surface area contributed by atoms with Gasteiger partial charge in [0.1, 0.15) is 0 Å². The molecule has 4 nitrogen and oxygen atoms in total. The second kappa shape index (κ2) is 4.60. The number of pyridine rings is 1. The van der Waals surface area contributed by atoms with E-state index in [0.29, 0.717) is 18.0 Å². The van der Waals surface area contributed by atoms with Gasteiger partial charge in [0.15, 0.2) is 0 Å². The van der Waals surface area contributed by atoms with Crippen LogP contribution in [0.5, 0.6) is 0 Å². The summed E-state index contributed by atoms with van der Waals surface area (Å²) >= 11 is 0. The summed E-state index contributed by atoms with van der Waals surface area (Å²) in [4.78, 5) is 15.3. The lowest BCUT2D eigenvalue weighted by atomic mass is 10.2. The predicted molar refractivity (Wildman–Crippen MR) is 53.7 cm³/mol. The van der Waals surface area contributed by atoms with Crippen LogP contribution in [0.2, 0.25) is 0 Å². The fraction of sp³-hybridized carbons (Fsp3) is 0.400. The molecular weight excluding hydrogens is 180 g/mol. The number of carbonyl (C=O) groups excluding carboxylic acids is 1. The van der Waals surface area contributed by atoms with Gasteiger partial charge in [0.2, 0.25) is 0 Å². The van der Waals surface area contributed by atoms with Crippen LogP contribution in [0.1, 0.15) is 18.3 Å². The first kappa shape index (κ1) is 10.5. The molecule has 0 unspecified atom stereocenters. The molecule has 0 bridgehead atoms. The summed E-state index contributed by atoms with van der Waals surface area (Å²) in [5.41, 5.74) is 7.70. The van der Waals surface area contributed by atoms with Gasteiger partial charge in [0, 0.05) is 11.4 Å². The van der Waals surface area contributed by atoms with E-state index in [4.69, 9.17) is 10.5 Å². The Morgan fingerprint density at radius 3 is 2.86 bits per heavy atom. The summed E-state index contributed by atoms with van der Waals surface area (Å²) in [7, 11) is 0. The molecule has 0 aliphatic rings. The Morgan fingerprint density at radius 1 is 1.57 bits per heavy atom. The fourth-order valence-corrected chi connectivity index (χ4v) is 1.22. The first-order valence-corrected chi connectivity index (χ1v) is 4.50. The molecule has 1 aromatic rings. The molecule has 0 saturated carbocycles. The van der Waals surface area contributed by atoms with Crippen LogP contribution in [0.25, 0.3) is 0 Å². The highest BCUT2D eigenvalue weighted by molar-refractivity contribution is 5.72. The van der Waals surface area contributed by atoms with E-state index in [1.54, 1.807) is 19.1 Å². The van der Waals surface area contributed by atoms with Gasteiger partial charge < -0.3 is 10.5 Å². The molecule has 0 aliphatic carbocycles. The van der Waals surface area contributed by atoms with E-state index < -0.39 is 0 Å². The van der Waals surface area contributed by atoms with E-state index in [9.17, 15) is 4.79 Å². The van der Waals surface area contributed by atoms with Crippen LogP contribution >= 0.6 is 0 Å². The summed E-state index contributed by atoms with van der Waals surface area (Å²) < 4.78 is 4.81. The van der Waals surface area contributed by atoms with Crippen LogP contribution in [0.3, 0.4) is 0 Å². The van der Waals surface area contributed by atoms with Crippen molar-refractivity contribution in [2.45, 2.75) is 20.3 Å². The standard InChI is InChI=1S/C10H14N2O2/c1-3-14-10(13)6-9-5-8(11)4-7(2)12-9/h4-5H,3,6H2,1-2H3,(H2,11,12). The van der Waals surface area contributed by atoms with Crippen molar-refractivity contribution in [2.75, 3.05) is 12.3 Å². The number of ether oxygens (including phenoxy) is 1. The highest BCUT2D eigenvalue weighted by Crippen LogP contribution is 2.07. The van der Waals surface area contributed by atoms with E-state index in [2.05, 4.69) is 4.98 Å². The minimum atomic E-state index is -0.273. The van der Waals surface area contributed by atoms with Crippen LogP contribution in [0.15, 0.2) is 12.1 Å². The third-order valence-corrected chi connectivity index (χ3v) is 1.66. The van der Waals surface area contributed by atoms with E-state index >= 15 is 0 Å². The van der Waals surface area contributed by atoms with E-state index in [0.717, 1.165) is 5.69 Å². The largest absolute Gasteiger partial charge is 0.466 e. The second-order valence-electron chi connectivity index (χ2n) is 3.01. The Labute approximate surface area is 83.1 Å². The zero-order valence-electron chi connectivity index (χ0n) is 8.41. The molecule has 0 radical (unpaired) electrons. The van der Waals surface area contributed by atoms with Crippen LogP contribution < -0.4 is 5.73 Å². The number of aryl methyl sites for hydroxylation is 1. The van der Waals surface area contributed by atoms with Gasteiger partial charge in [0.25, 0.3) is 0 Å². The third-order valence-electron chi connectivity index (χ3n) is 1.66. The maximum absolute atomic E-state index is 11.1. The molecule has 14 heavy (non-hydrogen) atoms. The summed E-state index contributed by atoms with van der Waals surface area (Å²) in [6, 6.07) is 3.44. The van der Waals surface area contributed by atoms with E-state index in [1.165, 1.54) is 0 Å². The van der Waals surface area contributed by atoms with Crippen molar-refractivity contribution in [3.63, 3.8) is 0 Å². The molecule has 0 aliphatic heterocycles. The van der Waals surface area contributed by atoms with Gasteiger partial charge in [-0.25, -0.2) is 0 Å². The monoisotopic (exact) mass is 194 g/mol. The van der Waals surface area contributed by atoms with Crippen molar-refractivity contribution in [2.24, 2.45) is 0 Å². The molecule has 4 heteroatoms. The van der Waals surface area contributed by atoms with Crippen LogP contribution in [0, 0.1) is 6.92 Å². The number of esters is 1. The molecular formula is C10H14N2O2. The van der Waals surface area contributed by atoms with Crippen LogP contribution in [-0.2, 0) is 16.0 Å². The molecule has 0 saturated heterocycles. The molecule has 0 amide bonds. The van der Waals surface area contributed by atoms with Crippen LogP contribution in [-0.4, -0.2) is 17.6 Å². The first-order valence-electron chi connectivity index (χ1n) is 4.50. The van der Waals surface area contributed by atoms with E-state index in [1.807, 2.05) is 6.92 Å². The molecule has 76 valence electrons. The summed E-state index contributed by atoms with van der Waals surface area (Å²) in [5.74, 6) is -0.273. The third kappa shape index (κ3) is 3.05. The molecule has 1 aromatic heterocycles. The summed E-state index contributed by atoms with van der Waals surface area (Å²) in [6.45, 7) is 4.00. The van der Waals surface area contributed by atoms with E-state index in [-0.39, 0.29) is 12.4 Å². The normalized spacial score (nSPS) is 9.86. The minimum absolute atomic E-state index is 0.180. The molecule has 0 spiro atoms. The van der Waals surface area contributed by atoms with Gasteiger partial charge in [-0.3, -0.25) is 9.78 Å². The van der Waals surface area contributed by atoms with Crippen molar-refractivity contribution < 1.29 is 9.53 Å². The number of nitrogens with zero attached hydrogens (tertiary/aromatic N) is 1. The minimum Gasteiger partial charge on any atom is -0.466 e. The number of nitrogens with two attached hydrogens (primary N) is 1. The van der Waals surface area contributed by atoms with Crippen molar-refractivity contribution in [3.8, 4) is 0 Å². The topological polar surface area (TPSA) is 65.2 Å². The lowest BCUT2D eigenvalue weighted by molar-refractivity contribution is -0.142. The molecule has 2 N–H and O–H groups in total. The lowest BCUT2D eigenvalue weighted by Crippen LogP contribution is -2.09. The number of anilines is 1. The smallest absolute Gasteiger partial charge is 0.311 e. The SMILES string of the molecule is CCOC(=O)Cc1cc(N)cc(C)n1. The van der Waals surface area contributed by atoms with Gasteiger partial charge in [0.05, 0.1) is 18.7 Å². The summed E-state index contributed by atoms with van der Waals surface area (Å²) in [5, 5.41) is 0. The maximum Gasteiger partial charge on any atom is 0.311 e. The van der Waals surface area contributed by atoms with Crippen molar-refractivity contribution >= 4 is 11.7 Å². The second-order valence-corrected chi connectivity index (χ2v) is 3.01. The Balaban J connectivity index is 2.71. The number of carbonyl (C=O) groups is 1. The Bertz CT molecular complexity index is 317. The predicted octanol–water partition coefficient (Wildman–Crippen LogP) is 1.08. The average Bonchev–Trinajstić information content (AvgIpc) is 2.01. The molecule has 0 fully saturated rings.